The highest BCUT2D eigenvalue weighted by Crippen LogP contribution is 2.18. The summed E-state index contributed by atoms with van der Waals surface area (Å²) in [6, 6.07) is 8.81. The van der Waals surface area contributed by atoms with E-state index in [0.29, 0.717) is 5.13 Å². The fourth-order valence-corrected chi connectivity index (χ4v) is 3.52. The molecule has 1 aromatic heterocycles. The van der Waals surface area contributed by atoms with Crippen LogP contribution in [-0.4, -0.2) is 41.0 Å². The second kappa shape index (κ2) is 7.92. The molecule has 2 N–H and O–H groups in total. The van der Waals surface area contributed by atoms with Gasteiger partial charge in [-0.05, 0) is 12.5 Å². The number of nitrogens with two attached hydrogens (primary N) is 1. The largest absolute Gasteiger partial charge is 0.375 e. The molecule has 0 unspecified atom stereocenters. The fourth-order valence-electron chi connectivity index (χ4n) is 2.79. The summed E-state index contributed by atoms with van der Waals surface area (Å²) in [6.45, 7) is 8.68. The maximum absolute atomic E-state index is 5.68. The van der Waals surface area contributed by atoms with Crippen molar-refractivity contribution in [1.29, 1.82) is 0 Å². The van der Waals surface area contributed by atoms with E-state index in [-0.39, 0.29) is 12.4 Å². The molecule has 0 atom stereocenters. The number of hydrogen-bond donors (Lipinski definition) is 1. The quantitative estimate of drug-likeness (QED) is 0.931. The van der Waals surface area contributed by atoms with Crippen LogP contribution in [0.4, 0.5) is 5.13 Å². The third-order valence-corrected chi connectivity index (χ3v) is 4.72. The molecular formula is C16H23ClN4S. The average molecular weight is 339 g/mol. The Labute approximate surface area is 142 Å². The molecule has 0 amide bonds. The van der Waals surface area contributed by atoms with Crippen molar-refractivity contribution in [2.75, 3.05) is 31.9 Å². The summed E-state index contributed by atoms with van der Waals surface area (Å²) in [7, 11) is 0. The van der Waals surface area contributed by atoms with Crippen LogP contribution in [0.25, 0.3) is 0 Å². The Bertz CT molecular complexity index is 593. The van der Waals surface area contributed by atoms with E-state index >= 15 is 0 Å². The van der Waals surface area contributed by atoms with Gasteiger partial charge < -0.3 is 5.73 Å². The minimum absolute atomic E-state index is 0. The number of hydrogen-bond acceptors (Lipinski definition) is 5. The molecule has 2 heterocycles. The molecule has 0 saturated carbocycles. The zero-order chi connectivity index (χ0) is 14.7. The van der Waals surface area contributed by atoms with Gasteiger partial charge in [-0.2, -0.15) is 0 Å². The molecule has 0 bridgehead atoms. The van der Waals surface area contributed by atoms with E-state index in [1.165, 1.54) is 16.0 Å². The average Bonchev–Trinajstić information content (AvgIpc) is 2.86. The normalized spacial score (nSPS) is 16.4. The number of halogens is 1. The van der Waals surface area contributed by atoms with Crippen LogP contribution in [0, 0.1) is 6.92 Å². The highest BCUT2D eigenvalue weighted by Gasteiger charge is 2.17. The van der Waals surface area contributed by atoms with Crippen LogP contribution in [0.5, 0.6) is 0 Å². The van der Waals surface area contributed by atoms with Crippen molar-refractivity contribution >= 4 is 28.9 Å². The minimum Gasteiger partial charge on any atom is -0.375 e. The van der Waals surface area contributed by atoms with Crippen molar-refractivity contribution in [1.82, 2.24) is 14.8 Å². The van der Waals surface area contributed by atoms with Crippen molar-refractivity contribution in [2.24, 2.45) is 0 Å². The van der Waals surface area contributed by atoms with Crippen molar-refractivity contribution in [2.45, 2.75) is 20.0 Å². The predicted octanol–water partition coefficient (Wildman–Crippen LogP) is 2.77. The standard InChI is InChI=1S/C16H22N4S.ClH/c1-13-3-2-4-14(9-13)11-19-5-7-20(8-6-19)12-15-10-18-16(17)21-15;/h2-4,9-10H,5-8,11-12H2,1H3,(H2,17,18);1H. The Kier molecular flexibility index (Phi) is 6.20. The summed E-state index contributed by atoms with van der Waals surface area (Å²) < 4.78 is 0. The Balaban J connectivity index is 0.00000176. The number of aromatic nitrogens is 1. The third-order valence-electron chi connectivity index (χ3n) is 3.90. The lowest BCUT2D eigenvalue weighted by Crippen LogP contribution is -2.45. The van der Waals surface area contributed by atoms with Gasteiger partial charge in [0.1, 0.15) is 0 Å². The van der Waals surface area contributed by atoms with E-state index in [1.807, 2.05) is 6.20 Å². The van der Waals surface area contributed by atoms with Crippen LogP contribution in [0.15, 0.2) is 30.5 Å². The predicted molar refractivity (Wildman–Crippen MR) is 95.5 cm³/mol. The monoisotopic (exact) mass is 338 g/mol. The van der Waals surface area contributed by atoms with Crippen molar-refractivity contribution in [3.8, 4) is 0 Å². The first-order valence-electron chi connectivity index (χ1n) is 7.39. The van der Waals surface area contributed by atoms with Crippen molar-refractivity contribution in [3.05, 3.63) is 46.5 Å². The molecule has 0 spiro atoms. The van der Waals surface area contributed by atoms with E-state index in [9.17, 15) is 0 Å². The summed E-state index contributed by atoms with van der Waals surface area (Å²) >= 11 is 1.60. The molecule has 4 nitrogen and oxygen atoms in total. The molecule has 0 radical (unpaired) electrons. The van der Waals surface area contributed by atoms with Gasteiger partial charge in [0.25, 0.3) is 0 Å². The van der Waals surface area contributed by atoms with Crippen LogP contribution in [-0.2, 0) is 13.1 Å². The van der Waals surface area contributed by atoms with E-state index in [4.69, 9.17) is 5.73 Å². The van der Waals surface area contributed by atoms with Gasteiger partial charge in [-0.25, -0.2) is 4.98 Å². The smallest absolute Gasteiger partial charge is 0.180 e. The second-order valence-electron chi connectivity index (χ2n) is 5.71. The molecule has 1 aliphatic heterocycles. The summed E-state index contributed by atoms with van der Waals surface area (Å²) in [4.78, 5) is 10.4. The maximum atomic E-state index is 5.68. The minimum atomic E-state index is 0. The molecule has 3 rings (SSSR count). The topological polar surface area (TPSA) is 45.4 Å². The third kappa shape index (κ3) is 4.68. The van der Waals surface area contributed by atoms with Gasteiger partial charge in [0.2, 0.25) is 0 Å². The molecular weight excluding hydrogens is 316 g/mol. The molecule has 120 valence electrons. The number of nitrogen functional groups attached to an aromatic ring is 1. The first-order chi connectivity index (χ1) is 10.2. The van der Waals surface area contributed by atoms with Gasteiger partial charge in [0.15, 0.2) is 5.13 Å². The van der Waals surface area contributed by atoms with Crippen LogP contribution in [0.1, 0.15) is 16.0 Å². The molecule has 22 heavy (non-hydrogen) atoms. The van der Waals surface area contributed by atoms with E-state index in [2.05, 4.69) is 46.0 Å². The fraction of sp³-hybridized carbons (Fsp3) is 0.438. The maximum Gasteiger partial charge on any atom is 0.180 e. The summed E-state index contributed by atoms with van der Waals surface area (Å²) in [5.41, 5.74) is 8.44. The zero-order valence-corrected chi connectivity index (χ0v) is 14.5. The van der Waals surface area contributed by atoms with E-state index < -0.39 is 0 Å². The molecule has 6 heteroatoms. The number of aryl methyl sites for hydroxylation is 1. The summed E-state index contributed by atoms with van der Waals surface area (Å²) in [6.07, 6.45) is 1.90. The number of thiazole rings is 1. The molecule has 1 aromatic carbocycles. The Hall–Kier alpha value is -1.14. The van der Waals surface area contributed by atoms with Crippen LogP contribution in [0.3, 0.4) is 0 Å². The highest BCUT2D eigenvalue weighted by atomic mass is 35.5. The number of piperazine rings is 1. The van der Waals surface area contributed by atoms with Crippen molar-refractivity contribution < 1.29 is 0 Å². The lowest BCUT2D eigenvalue weighted by Gasteiger charge is -2.34. The zero-order valence-electron chi connectivity index (χ0n) is 12.9. The summed E-state index contributed by atoms with van der Waals surface area (Å²) in [5, 5.41) is 0.670. The Morgan fingerprint density at radius 3 is 2.41 bits per heavy atom. The van der Waals surface area contributed by atoms with Crippen molar-refractivity contribution in [3.63, 3.8) is 0 Å². The molecule has 0 aliphatic carbocycles. The Morgan fingerprint density at radius 1 is 1.14 bits per heavy atom. The van der Waals surface area contributed by atoms with Gasteiger partial charge in [0, 0.05) is 50.3 Å². The number of rotatable bonds is 4. The van der Waals surface area contributed by atoms with Gasteiger partial charge in [0.05, 0.1) is 0 Å². The van der Waals surface area contributed by atoms with E-state index in [0.717, 1.165) is 39.3 Å². The second-order valence-corrected chi connectivity index (χ2v) is 6.85. The van der Waals surface area contributed by atoms with Crippen LogP contribution in [0.2, 0.25) is 0 Å². The van der Waals surface area contributed by atoms with Gasteiger partial charge in [-0.3, -0.25) is 9.80 Å². The van der Waals surface area contributed by atoms with Gasteiger partial charge >= 0.3 is 0 Å². The molecule has 1 saturated heterocycles. The number of nitrogens with zero attached hydrogens (tertiary/aromatic N) is 3. The van der Waals surface area contributed by atoms with Gasteiger partial charge in [-0.15, -0.1) is 23.7 Å². The molecule has 1 aliphatic rings. The summed E-state index contributed by atoms with van der Waals surface area (Å²) in [5.74, 6) is 0. The first-order valence-corrected chi connectivity index (χ1v) is 8.21. The SMILES string of the molecule is Cc1cccc(CN2CCN(Cc3cnc(N)s3)CC2)c1.Cl. The number of anilines is 1. The molecule has 2 aromatic rings. The van der Waals surface area contributed by atoms with Crippen LogP contribution >= 0.6 is 23.7 Å². The highest BCUT2D eigenvalue weighted by molar-refractivity contribution is 7.15. The number of benzene rings is 1. The van der Waals surface area contributed by atoms with Crippen LogP contribution < -0.4 is 5.73 Å². The van der Waals surface area contributed by atoms with E-state index in [1.54, 1.807) is 11.3 Å². The lowest BCUT2D eigenvalue weighted by molar-refractivity contribution is 0.123. The lowest BCUT2D eigenvalue weighted by atomic mass is 10.1. The Morgan fingerprint density at radius 2 is 1.82 bits per heavy atom. The van der Waals surface area contributed by atoms with Gasteiger partial charge in [-0.1, -0.05) is 29.8 Å². The molecule has 1 fully saturated rings. The first kappa shape index (κ1) is 17.2.